The number of nitrogens with zero attached hydrogens (tertiary/aromatic N) is 1. The topological polar surface area (TPSA) is 54.9 Å². The van der Waals surface area contributed by atoms with Gasteiger partial charge in [-0.2, -0.15) is 0 Å². The van der Waals surface area contributed by atoms with Gasteiger partial charge in [0.05, 0.1) is 11.3 Å². The molecular formula is C22H18N2O2. The zero-order valence-electron chi connectivity index (χ0n) is 14.6. The second-order valence-electron chi connectivity index (χ2n) is 6.47. The number of aryl methyl sites for hydroxylation is 2. The molecular weight excluding hydrogens is 324 g/mol. The molecule has 0 spiro atoms. The number of carbonyl (C=O) groups excluding carboxylic acids is 1. The quantitative estimate of drug-likeness (QED) is 0.718. The van der Waals surface area contributed by atoms with Crippen molar-refractivity contribution in [2.75, 3.05) is 0 Å². The van der Waals surface area contributed by atoms with Crippen molar-refractivity contribution in [3.63, 3.8) is 0 Å². The Hall–Kier alpha value is -3.40. The van der Waals surface area contributed by atoms with Gasteiger partial charge in [-0.3, -0.25) is 14.7 Å². The summed E-state index contributed by atoms with van der Waals surface area (Å²) in [5, 5.41) is 3.11. The van der Waals surface area contributed by atoms with Crippen molar-refractivity contribution in [3.05, 3.63) is 92.9 Å². The molecule has 3 aromatic rings. The van der Waals surface area contributed by atoms with Crippen LogP contribution in [-0.4, -0.2) is 15.6 Å². The van der Waals surface area contributed by atoms with Gasteiger partial charge < -0.3 is 0 Å². The van der Waals surface area contributed by atoms with E-state index < -0.39 is 0 Å². The molecule has 1 heterocycles. The Bertz CT molecular complexity index is 1130. The Morgan fingerprint density at radius 2 is 1.65 bits per heavy atom. The highest BCUT2D eigenvalue weighted by atomic mass is 16.1. The fraction of sp³-hybridized carbons (Fsp3) is 0.0909. The predicted molar refractivity (Wildman–Crippen MR) is 104 cm³/mol. The fourth-order valence-electron chi connectivity index (χ4n) is 3.17. The van der Waals surface area contributed by atoms with Crippen LogP contribution in [0, 0.1) is 13.8 Å². The van der Waals surface area contributed by atoms with Gasteiger partial charge in [0.15, 0.2) is 5.78 Å². The molecule has 0 radical (unpaired) electrons. The van der Waals surface area contributed by atoms with Crippen LogP contribution in [0.25, 0.3) is 23.4 Å². The number of fused-ring (bicyclic) bond motifs is 1. The molecule has 0 fully saturated rings. The van der Waals surface area contributed by atoms with Crippen LogP contribution in [0.2, 0.25) is 0 Å². The summed E-state index contributed by atoms with van der Waals surface area (Å²) in [5.41, 5.74) is 5.32. The van der Waals surface area contributed by atoms with Gasteiger partial charge in [0.2, 0.25) is 0 Å². The summed E-state index contributed by atoms with van der Waals surface area (Å²) in [4.78, 5) is 25.3. The van der Waals surface area contributed by atoms with Crippen molar-refractivity contribution in [1.29, 1.82) is 0 Å². The van der Waals surface area contributed by atoms with Crippen LogP contribution in [0.3, 0.4) is 0 Å². The van der Waals surface area contributed by atoms with E-state index in [9.17, 15) is 9.59 Å². The first-order chi connectivity index (χ1) is 12.5. The monoisotopic (exact) mass is 342 g/mol. The van der Waals surface area contributed by atoms with Gasteiger partial charge in [-0.1, -0.05) is 48.0 Å². The van der Waals surface area contributed by atoms with Crippen molar-refractivity contribution in [2.45, 2.75) is 13.8 Å². The summed E-state index contributed by atoms with van der Waals surface area (Å²) in [7, 11) is 0. The smallest absolute Gasteiger partial charge is 0.278 e. The summed E-state index contributed by atoms with van der Waals surface area (Å²) in [5.74, 6) is -0.0921. The van der Waals surface area contributed by atoms with E-state index in [1.54, 1.807) is 12.2 Å². The number of ketones is 1. The van der Waals surface area contributed by atoms with E-state index in [0.717, 1.165) is 28.1 Å². The molecule has 2 aromatic carbocycles. The number of carbonyl (C=O) groups is 1. The summed E-state index contributed by atoms with van der Waals surface area (Å²) in [6.07, 6.45) is 5.06. The van der Waals surface area contributed by atoms with E-state index in [0.29, 0.717) is 11.1 Å². The second kappa shape index (κ2) is 6.15. The van der Waals surface area contributed by atoms with Gasteiger partial charge in [0, 0.05) is 11.3 Å². The van der Waals surface area contributed by atoms with Crippen molar-refractivity contribution in [3.8, 4) is 5.69 Å². The SMILES string of the molecule is Cc1ccc(-n2[nH]c(C)c(/C=C3/C(=O)C=Cc4ccccc43)c2=O)cc1. The average Bonchev–Trinajstić information content (AvgIpc) is 2.92. The molecule has 0 atom stereocenters. The molecule has 0 bridgehead atoms. The predicted octanol–water partition coefficient (Wildman–Crippen LogP) is 3.92. The summed E-state index contributed by atoms with van der Waals surface area (Å²) >= 11 is 0. The number of aromatic nitrogens is 2. The first-order valence-corrected chi connectivity index (χ1v) is 8.47. The highest BCUT2D eigenvalue weighted by molar-refractivity contribution is 6.33. The molecule has 26 heavy (non-hydrogen) atoms. The van der Waals surface area contributed by atoms with E-state index in [4.69, 9.17) is 0 Å². The van der Waals surface area contributed by atoms with Crippen LogP contribution in [0.15, 0.2) is 59.4 Å². The van der Waals surface area contributed by atoms with Gasteiger partial charge in [-0.15, -0.1) is 0 Å². The minimum atomic E-state index is -0.168. The van der Waals surface area contributed by atoms with Crippen LogP contribution in [0.5, 0.6) is 0 Å². The number of benzene rings is 2. The molecule has 0 saturated carbocycles. The van der Waals surface area contributed by atoms with E-state index >= 15 is 0 Å². The zero-order valence-corrected chi connectivity index (χ0v) is 14.6. The Morgan fingerprint density at radius 3 is 2.42 bits per heavy atom. The van der Waals surface area contributed by atoms with Crippen LogP contribution in [0.4, 0.5) is 0 Å². The van der Waals surface area contributed by atoms with Gasteiger partial charge >= 0.3 is 0 Å². The Morgan fingerprint density at radius 1 is 0.923 bits per heavy atom. The number of rotatable bonds is 2. The average molecular weight is 342 g/mol. The zero-order chi connectivity index (χ0) is 18.3. The third-order valence-electron chi connectivity index (χ3n) is 4.63. The summed E-state index contributed by atoms with van der Waals surface area (Å²) in [6, 6.07) is 15.4. The van der Waals surface area contributed by atoms with E-state index in [1.165, 1.54) is 4.68 Å². The van der Waals surface area contributed by atoms with Crippen molar-refractivity contribution >= 4 is 23.5 Å². The van der Waals surface area contributed by atoms with Gasteiger partial charge in [0.25, 0.3) is 5.56 Å². The number of H-pyrrole nitrogens is 1. The maximum atomic E-state index is 12.9. The first-order valence-electron chi connectivity index (χ1n) is 8.47. The Balaban J connectivity index is 1.86. The van der Waals surface area contributed by atoms with E-state index in [-0.39, 0.29) is 11.3 Å². The molecule has 4 nitrogen and oxygen atoms in total. The molecule has 0 saturated heterocycles. The molecule has 1 N–H and O–H groups in total. The van der Waals surface area contributed by atoms with Crippen LogP contribution >= 0.6 is 0 Å². The molecule has 128 valence electrons. The van der Waals surface area contributed by atoms with Gasteiger partial charge in [0.1, 0.15) is 0 Å². The highest BCUT2D eigenvalue weighted by Gasteiger charge is 2.19. The number of aromatic amines is 1. The molecule has 1 aliphatic carbocycles. The van der Waals surface area contributed by atoms with Crippen LogP contribution in [-0.2, 0) is 4.79 Å². The molecule has 1 aliphatic rings. The highest BCUT2D eigenvalue weighted by Crippen LogP contribution is 2.28. The van der Waals surface area contributed by atoms with Crippen molar-refractivity contribution in [1.82, 2.24) is 9.78 Å². The molecule has 0 unspecified atom stereocenters. The number of hydrogen-bond donors (Lipinski definition) is 1. The summed E-state index contributed by atoms with van der Waals surface area (Å²) in [6.45, 7) is 3.84. The molecule has 4 rings (SSSR count). The van der Waals surface area contributed by atoms with Gasteiger partial charge in [-0.25, -0.2) is 4.68 Å². The van der Waals surface area contributed by atoms with Crippen molar-refractivity contribution in [2.24, 2.45) is 0 Å². The Kier molecular flexibility index (Phi) is 3.81. The first kappa shape index (κ1) is 16.1. The number of nitrogens with one attached hydrogen (secondary N) is 1. The minimum Gasteiger partial charge on any atom is -0.295 e. The Labute approximate surface area is 151 Å². The number of hydrogen-bond acceptors (Lipinski definition) is 2. The lowest BCUT2D eigenvalue weighted by Crippen LogP contribution is -2.16. The van der Waals surface area contributed by atoms with Crippen molar-refractivity contribution < 1.29 is 4.79 Å². The standard InChI is InChI=1S/C22H18N2O2/c1-14-7-10-17(11-8-14)24-22(26)19(15(2)23-24)13-20-18-6-4-3-5-16(18)9-12-21(20)25/h3-13,23H,1-2H3/b20-13+. The minimum absolute atomic E-state index is 0.0921. The van der Waals surface area contributed by atoms with E-state index in [2.05, 4.69) is 5.10 Å². The third-order valence-corrected chi connectivity index (χ3v) is 4.63. The third kappa shape index (κ3) is 2.65. The summed E-state index contributed by atoms with van der Waals surface area (Å²) < 4.78 is 1.51. The lowest BCUT2D eigenvalue weighted by atomic mass is 9.90. The maximum absolute atomic E-state index is 12.9. The number of allylic oxidation sites excluding steroid dienone is 2. The molecule has 0 amide bonds. The molecule has 1 aromatic heterocycles. The van der Waals surface area contributed by atoms with Gasteiger partial charge in [-0.05, 0) is 49.3 Å². The van der Waals surface area contributed by atoms with Crippen LogP contribution < -0.4 is 5.56 Å². The fourth-order valence-corrected chi connectivity index (χ4v) is 3.17. The van der Waals surface area contributed by atoms with E-state index in [1.807, 2.05) is 68.5 Å². The normalized spacial score (nSPS) is 14.7. The molecule has 4 heteroatoms. The van der Waals surface area contributed by atoms with Crippen LogP contribution in [0.1, 0.15) is 27.9 Å². The lowest BCUT2D eigenvalue weighted by molar-refractivity contribution is -0.109. The maximum Gasteiger partial charge on any atom is 0.278 e. The second-order valence-corrected chi connectivity index (χ2v) is 6.47. The molecule has 0 aliphatic heterocycles. The lowest BCUT2D eigenvalue weighted by Gasteiger charge is -2.12. The largest absolute Gasteiger partial charge is 0.295 e.